The molecule has 0 unspecified atom stereocenters. The molecule has 0 spiro atoms. The summed E-state index contributed by atoms with van der Waals surface area (Å²) < 4.78 is 6.25. The fourth-order valence-electron chi connectivity index (χ4n) is 2.13. The van der Waals surface area contributed by atoms with Gasteiger partial charge in [0, 0.05) is 6.20 Å². The summed E-state index contributed by atoms with van der Waals surface area (Å²) in [5, 5.41) is 10.9. The number of thiophene rings is 1. The molecule has 0 atom stereocenters. The molecule has 0 aliphatic rings. The summed E-state index contributed by atoms with van der Waals surface area (Å²) in [6.07, 6.45) is 0.895. The zero-order valence-electron chi connectivity index (χ0n) is 13.2. The molecular weight excluding hydrogens is 344 g/mol. The number of carbonyl (C=O) groups is 3. The van der Waals surface area contributed by atoms with Crippen molar-refractivity contribution < 1.29 is 19.1 Å². The van der Waals surface area contributed by atoms with Gasteiger partial charge < -0.3 is 10.1 Å². The number of aromatic nitrogens is 2. The predicted octanol–water partition coefficient (Wildman–Crippen LogP) is 2.53. The number of ether oxygens (including phenoxy) is 1. The molecule has 3 rings (SSSR count). The minimum absolute atomic E-state index is 0.153. The molecule has 9 heteroatoms. The van der Waals surface area contributed by atoms with E-state index in [1.807, 2.05) is 12.1 Å². The van der Waals surface area contributed by atoms with E-state index in [0.717, 1.165) is 5.52 Å². The number of hydrogen-bond donors (Lipinski definition) is 2. The Bertz CT molecular complexity index is 913. The number of imide groups is 1. The number of anilines is 1. The van der Waals surface area contributed by atoms with Crippen molar-refractivity contribution in [2.75, 3.05) is 11.9 Å². The molecule has 0 saturated heterocycles. The van der Waals surface area contributed by atoms with Crippen LogP contribution in [0.2, 0.25) is 0 Å². The van der Waals surface area contributed by atoms with Crippen LogP contribution in [0.3, 0.4) is 0 Å². The normalized spacial score (nSPS) is 10.4. The van der Waals surface area contributed by atoms with E-state index in [-0.39, 0.29) is 17.9 Å². The van der Waals surface area contributed by atoms with Crippen molar-refractivity contribution >= 4 is 39.8 Å². The minimum Gasteiger partial charge on any atom is -0.450 e. The van der Waals surface area contributed by atoms with Crippen LogP contribution >= 0.6 is 11.3 Å². The lowest BCUT2D eigenvalue weighted by atomic mass is 10.3. The maximum Gasteiger partial charge on any atom is 0.414 e. The monoisotopic (exact) mass is 358 g/mol. The van der Waals surface area contributed by atoms with Crippen molar-refractivity contribution in [2.24, 2.45) is 0 Å². The molecule has 3 amide bonds. The first kappa shape index (κ1) is 16.7. The molecular formula is C16H14N4O4S. The van der Waals surface area contributed by atoms with E-state index in [4.69, 9.17) is 0 Å². The first-order chi connectivity index (χ1) is 12.1. The average Bonchev–Trinajstić information content (AvgIpc) is 3.21. The lowest BCUT2D eigenvalue weighted by Gasteiger charge is -2.06. The first-order valence-electron chi connectivity index (χ1n) is 7.40. The molecule has 3 aromatic heterocycles. The van der Waals surface area contributed by atoms with Crippen LogP contribution in [0.25, 0.3) is 5.52 Å². The maximum absolute atomic E-state index is 12.4. The van der Waals surface area contributed by atoms with Crippen molar-refractivity contribution in [3.8, 4) is 0 Å². The Hall–Kier alpha value is -3.20. The first-order valence-corrected chi connectivity index (χ1v) is 8.28. The molecule has 0 aliphatic carbocycles. The summed E-state index contributed by atoms with van der Waals surface area (Å²) in [6.45, 7) is 1.79. The van der Waals surface area contributed by atoms with E-state index in [1.54, 1.807) is 35.1 Å². The van der Waals surface area contributed by atoms with Gasteiger partial charge in [-0.2, -0.15) is 5.10 Å². The molecule has 3 heterocycles. The molecule has 3 aromatic rings. The zero-order valence-corrected chi connectivity index (χ0v) is 14.0. The van der Waals surface area contributed by atoms with Gasteiger partial charge in [-0.25, -0.2) is 9.31 Å². The SMILES string of the molecule is CCOC(=O)NC(=O)c1ccsc1NC(=O)c1cc2ccccn2n1. The fourth-order valence-corrected chi connectivity index (χ4v) is 2.91. The molecule has 0 bridgehead atoms. The van der Waals surface area contributed by atoms with E-state index in [9.17, 15) is 14.4 Å². The average molecular weight is 358 g/mol. The van der Waals surface area contributed by atoms with Crippen LogP contribution in [0.4, 0.5) is 9.80 Å². The summed E-state index contributed by atoms with van der Waals surface area (Å²) in [5.74, 6) is -1.10. The fraction of sp³-hybridized carbons (Fsp3) is 0.125. The highest BCUT2D eigenvalue weighted by Gasteiger charge is 2.19. The molecule has 8 nitrogen and oxygen atoms in total. The number of nitrogens with zero attached hydrogens (tertiary/aromatic N) is 2. The van der Waals surface area contributed by atoms with E-state index in [2.05, 4.69) is 20.5 Å². The second kappa shape index (κ2) is 7.14. The second-order valence-corrected chi connectivity index (χ2v) is 5.81. The Labute approximate surface area is 146 Å². The molecule has 2 N–H and O–H groups in total. The van der Waals surface area contributed by atoms with Crippen LogP contribution in [0, 0.1) is 0 Å². The molecule has 0 saturated carbocycles. The Morgan fingerprint density at radius 3 is 2.84 bits per heavy atom. The Morgan fingerprint density at radius 2 is 2.08 bits per heavy atom. The third-order valence-electron chi connectivity index (χ3n) is 3.23. The largest absolute Gasteiger partial charge is 0.450 e. The maximum atomic E-state index is 12.4. The van der Waals surface area contributed by atoms with Gasteiger partial charge in [0.15, 0.2) is 5.69 Å². The Morgan fingerprint density at radius 1 is 1.24 bits per heavy atom. The van der Waals surface area contributed by atoms with E-state index >= 15 is 0 Å². The van der Waals surface area contributed by atoms with Crippen LogP contribution in [0.1, 0.15) is 27.8 Å². The third kappa shape index (κ3) is 3.66. The molecule has 25 heavy (non-hydrogen) atoms. The van der Waals surface area contributed by atoms with Crippen LogP contribution in [-0.2, 0) is 4.74 Å². The van der Waals surface area contributed by atoms with Crippen LogP contribution < -0.4 is 10.6 Å². The van der Waals surface area contributed by atoms with Crippen molar-refractivity contribution in [2.45, 2.75) is 6.92 Å². The van der Waals surface area contributed by atoms with Gasteiger partial charge >= 0.3 is 6.09 Å². The Balaban J connectivity index is 1.75. The van der Waals surface area contributed by atoms with E-state index in [1.165, 1.54) is 17.4 Å². The minimum atomic E-state index is -0.837. The zero-order chi connectivity index (χ0) is 17.8. The summed E-state index contributed by atoms with van der Waals surface area (Å²) in [7, 11) is 0. The van der Waals surface area contributed by atoms with Crippen LogP contribution in [0.15, 0.2) is 41.9 Å². The molecule has 0 aromatic carbocycles. The van der Waals surface area contributed by atoms with E-state index in [0.29, 0.717) is 5.00 Å². The smallest absolute Gasteiger partial charge is 0.414 e. The number of fused-ring (bicyclic) bond motifs is 1. The number of nitrogens with one attached hydrogen (secondary N) is 2. The van der Waals surface area contributed by atoms with Gasteiger partial charge in [-0.3, -0.25) is 14.9 Å². The number of carbonyl (C=O) groups excluding carboxylic acids is 3. The summed E-state index contributed by atoms with van der Waals surface area (Å²) >= 11 is 1.17. The molecule has 128 valence electrons. The molecule has 0 aliphatic heterocycles. The van der Waals surface area contributed by atoms with Gasteiger partial charge in [-0.1, -0.05) is 6.07 Å². The third-order valence-corrected chi connectivity index (χ3v) is 4.06. The van der Waals surface area contributed by atoms with Gasteiger partial charge in [0.25, 0.3) is 11.8 Å². The number of rotatable bonds is 4. The highest BCUT2D eigenvalue weighted by Crippen LogP contribution is 2.24. The number of alkyl carbamates (subject to hydrolysis) is 1. The van der Waals surface area contributed by atoms with Gasteiger partial charge in [-0.15, -0.1) is 11.3 Å². The number of pyridine rings is 1. The number of hydrogen-bond acceptors (Lipinski definition) is 6. The van der Waals surface area contributed by atoms with Gasteiger partial charge in [0.1, 0.15) is 5.00 Å². The van der Waals surface area contributed by atoms with Crippen LogP contribution in [-0.4, -0.2) is 34.1 Å². The number of amides is 3. The molecule has 0 fully saturated rings. The summed E-state index contributed by atoms with van der Waals surface area (Å²) in [6, 6.07) is 8.63. The summed E-state index contributed by atoms with van der Waals surface area (Å²) in [4.78, 5) is 35.8. The highest BCUT2D eigenvalue weighted by molar-refractivity contribution is 7.14. The van der Waals surface area contributed by atoms with Crippen molar-refractivity contribution in [1.29, 1.82) is 0 Å². The highest BCUT2D eigenvalue weighted by atomic mass is 32.1. The van der Waals surface area contributed by atoms with E-state index < -0.39 is 17.9 Å². The standard InChI is InChI=1S/C16H14N4O4S/c1-2-24-16(23)18-13(21)11-6-8-25-15(11)17-14(22)12-9-10-5-3-4-7-20(10)19-12/h3-9H,2H2,1H3,(H,17,22)(H,18,21,23). The predicted molar refractivity (Wildman–Crippen MR) is 92.0 cm³/mol. The second-order valence-electron chi connectivity index (χ2n) is 4.89. The van der Waals surface area contributed by atoms with Gasteiger partial charge in [-0.05, 0) is 36.6 Å². The van der Waals surface area contributed by atoms with Crippen molar-refractivity contribution in [1.82, 2.24) is 14.9 Å². The van der Waals surface area contributed by atoms with Crippen molar-refractivity contribution in [3.63, 3.8) is 0 Å². The lowest BCUT2D eigenvalue weighted by molar-refractivity contribution is 0.0926. The molecule has 0 radical (unpaired) electrons. The summed E-state index contributed by atoms with van der Waals surface area (Å²) in [5.41, 5.74) is 1.17. The van der Waals surface area contributed by atoms with Crippen molar-refractivity contribution in [3.05, 3.63) is 53.2 Å². The Kier molecular flexibility index (Phi) is 4.75. The quantitative estimate of drug-likeness (QED) is 0.746. The topological polar surface area (TPSA) is 102 Å². The van der Waals surface area contributed by atoms with Gasteiger partial charge in [0.2, 0.25) is 0 Å². The van der Waals surface area contributed by atoms with Gasteiger partial charge in [0.05, 0.1) is 17.7 Å². The van der Waals surface area contributed by atoms with Crippen LogP contribution in [0.5, 0.6) is 0 Å². The lowest BCUT2D eigenvalue weighted by Crippen LogP contribution is -2.31.